The number of fused-ring (bicyclic) bond motifs is 1. The number of ether oxygens (including phenoxy) is 1. The zero-order valence-electron chi connectivity index (χ0n) is 11.2. The molecule has 0 bridgehead atoms. The second-order valence-corrected chi connectivity index (χ2v) is 5.42. The molecule has 3 unspecified atom stereocenters. The highest BCUT2D eigenvalue weighted by Crippen LogP contribution is 2.26. The van der Waals surface area contributed by atoms with Crippen molar-refractivity contribution in [2.75, 3.05) is 26.7 Å². The average molecular weight is 255 g/mol. The summed E-state index contributed by atoms with van der Waals surface area (Å²) in [5.41, 5.74) is 5.52. The Morgan fingerprint density at radius 1 is 1.50 bits per heavy atom. The van der Waals surface area contributed by atoms with E-state index in [1.807, 2.05) is 0 Å². The van der Waals surface area contributed by atoms with Crippen molar-refractivity contribution in [2.24, 2.45) is 5.73 Å². The van der Waals surface area contributed by atoms with E-state index in [0.29, 0.717) is 25.0 Å². The number of hydrogen-bond acceptors (Lipinski definition) is 4. The molecule has 5 heteroatoms. The maximum atomic E-state index is 11.9. The van der Waals surface area contributed by atoms with Gasteiger partial charge in [0.2, 0.25) is 5.91 Å². The molecule has 2 rings (SSSR count). The Labute approximate surface area is 109 Å². The van der Waals surface area contributed by atoms with Crippen molar-refractivity contribution >= 4 is 5.91 Å². The smallest absolute Gasteiger partial charge is 0.222 e. The Hall–Kier alpha value is -0.650. The molecule has 0 aromatic rings. The second kappa shape index (κ2) is 6.50. The number of carbonyl (C=O) groups is 1. The van der Waals surface area contributed by atoms with Crippen LogP contribution in [0, 0.1) is 0 Å². The van der Waals surface area contributed by atoms with E-state index in [1.165, 1.54) is 19.4 Å². The lowest BCUT2D eigenvalue weighted by atomic mass is 9.97. The Morgan fingerprint density at radius 2 is 2.33 bits per heavy atom. The van der Waals surface area contributed by atoms with E-state index in [-0.39, 0.29) is 12.0 Å². The first-order valence-electron chi connectivity index (χ1n) is 6.99. The molecule has 2 saturated heterocycles. The molecule has 0 aliphatic carbocycles. The van der Waals surface area contributed by atoms with Gasteiger partial charge in [0.1, 0.15) is 0 Å². The molecule has 0 aromatic carbocycles. The Bertz CT molecular complexity index is 281. The molecule has 0 saturated carbocycles. The molecule has 0 spiro atoms. The number of nitrogens with zero attached hydrogens (tertiary/aromatic N) is 1. The summed E-state index contributed by atoms with van der Waals surface area (Å²) in [4.78, 5) is 14.4. The van der Waals surface area contributed by atoms with Crippen molar-refractivity contribution in [3.05, 3.63) is 0 Å². The number of nitrogens with two attached hydrogens (primary N) is 1. The van der Waals surface area contributed by atoms with Crippen molar-refractivity contribution in [1.29, 1.82) is 0 Å². The number of carbonyl (C=O) groups excluding carboxylic acids is 1. The monoisotopic (exact) mass is 255 g/mol. The third kappa shape index (κ3) is 3.43. The minimum Gasteiger partial charge on any atom is -0.380 e. The molecule has 104 valence electrons. The first-order valence-corrected chi connectivity index (χ1v) is 6.99. The standard InChI is InChI=1S/C13H25N3O2/c1-18-12(9-14)8-13(17)15-10-4-6-16-5-2-3-11(16)7-10/h10-12H,2-9,14H2,1H3,(H,15,17). The van der Waals surface area contributed by atoms with Crippen LogP contribution in [0.1, 0.15) is 32.1 Å². The number of nitrogens with one attached hydrogen (secondary N) is 1. The van der Waals surface area contributed by atoms with E-state index in [2.05, 4.69) is 10.2 Å². The average Bonchev–Trinajstić information content (AvgIpc) is 2.83. The summed E-state index contributed by atoms with van der Waals surface area (Å²) >= 11 is 0. The van der Waals surface area contributed by atoms with Gasteiger partial charge in [-0.2, -0.15) is 0 Å². The Balaban J connectivity index is 1.74. The van der Waals surface area contributed by atoms with Gasteiger partial charge in [0.25, 0.3) is 0 Å². The Morgan fingerprint density at radius 3 is 3.06 bits per heavy atom. The van der Waals surface area contributed by atoms with Gasteiger partial charge in [-0.15, -0.1) is 0 Å². The molecule has 2 heterocycles. The fourth-order valence-corrected chi connectivity index (χ4v) is 3.11. The van der Waals surface area contributed by atoms with Crippen LogP contribution in [0.4, 0.5) is 0 Å². The number of methoxy groups -OCH3 is 1. The number of amides is 1. The molecular formula is C13H25N3O2. The van der Waals surface area contributed by atoms with E-state index in [1.54, 1.807) is 7.11 Å². The molecular weight excluding hydrogens is 230 g/mol. The van der Waals surface area contributed by atoms with Gasteiger partial charge in [-0.05, 0) is 32.2 Å². The molecule has 0 radical (unpaired) electrons. The zero-order valence-corrected chi connectivity index (χ0v) is 11.2. The van der Waals surface area contributed by atoms with Crippen LogP contribution in [-0.2, 0) is 9.53 Å². The van der Waals surface area contributed by atoms with Crippen LogP contribution in [0.2, 0.25) is 0 Å². The molecule has 0 aromatic heterocycles. The van der Waals surface area contributed by atoms with E-state index < -0.39 is 0 Å². The van der Waals surface area contributed by atoms with Gasteiger partial charge in [-0.1, -0.05) is 0 Å². The summed E-state index contributed by atoms with van der Waals surface area (Å²) < 4.78 is 5.13. The summed E-state index contributed by atoms with van der Waals surface area (Å²) in [6, 6.07) is 1.03. The molecule has 1 amide bonds. The lowest BCUT2D eigenvalue weighted by Gasteiger charge is -2.35. The van der Waals surface area contributed by atoms with Gasteiger partial charge < -0.3 is 20.7 Å². The van der Waals surface area contributed by atoms with E-state index in [4.69, 9.17) is 10.5 Å². The maximum absolute atomic E-state index is 11.9. The van der Waals surface area contributed by atoms with Crippen LogP contribution >= 0.6 is 0 Å². The van der Waals surface area contributed by atoms with Crippen LogP contribution < -0.4 is 11.1 Å². The molecule has 3 N–H and O–H groups in total. The predicted molar refractivity (Wildman–Crippen MR) is 70.2 cm³/mol. The van der Waals surface area contributed by atoms with E-state index in [9.17, 15) is 4.79 Å². The molecule has 2 fully saturated rings. The Kier molecular flexibility index (Phi) is 4.97. The van der Waals surface area contributed by atoms with Gasteiger partial charge in [-0.25, -0.2) is 0 Å². The summed E-state index contributed by atoms with van der Waals surface area (Å²) in [5.74, 6) is 0.0729. The van der Waals surface area contributed by atoms with E-state index >= 15 is 0 Å². The quantitative estimate of drug-likeness (QED) is 0.731. The van der Waals surface area contributed by atoms with Gasteiger partial charge in [-0.3, -0.25) is 4.79 Å². The van der Waals surface area contributed by atoms with Gasteiger partial charge in [0, 0.05) is 32.3 Å². The maximum Gasteiger partial charge on any atom is 0.222 e. The molecule has 2 aliphatic rings. The second-order valence-electron chi connectivity index (χ2n) is 5.42. The van der Waals surface area contributed by atoms with Gasteiger partial charge in [0.05, 0.1) is 12.5 Å². The normalized spacial score (nSPS) is 29.9. The first kappa shape index (κ1) is 13.8. The fraction of sp³-hybridized carbons (Fsp3) is 0.923. The minimum absolute atomic E-state index is 0.0729. The van der Waals surface area contributed by atoms with Crippen molar-refractivity contribution < 1.29 is 9.53 Å². The molecule has 3 atom stereocenters. The lowest BCUT2D eigenvalue weighted by molar-refractivity contribution is -0.124. The van der Waals surface area contributed by atoms with Gasteiger partial charge in [0.15, 0.2) is 0 Å². The van der Waals surface area contributed by atoms with Crippen molar-refractivity contribution in [3.8, 4) is 0 Å². The third-order valence-electron chi connectivity index (χ3n) is 4.19. The minimum atomic E-state index is -0.156. The summed E-state index contributed by atoms with van der Waals surface area (Å²) in [7, 11) is 1.60. The van der Waals surface area contributed by atoms with Gasteiger partial charge >= 0.3 is 0 Å². The lowest BCUT2D eigenvalue weighted by Crippen LogP contribution is -2.48. The van der Waals surface area contributed by atoms with Crippen molar-refractivity contribution in [3.63, 3.8) is 0 Å². The summed E-state index contributed by atoms with van der Waals surface area (Å²) in [5, 5.41) is 3.13. The van der Waals surface area contributed by atoms with Crippen molar-refractivity contribution in [1.82, 2.24) is 10.2 Å². The molecule has 18 heavy (non-hydrogen) atoms. The highest BCUT2D eigenvalue weighted by atomic mass is 16.5. The summed E-state index contributed by atoms with van der Waals surface area (Å²) in [6.45, 7) is 2.76. The van der Waals surface area contributed by atoms with Crippen LogP contribution in [0.15, 0.2) is 0 Å². The highest BCUT2D eigenvalue weighted by Gasteiger charge is 2.32. The highest BCUT2D eigenvalue weighted by molar-refractivity contribution is 5.76. The number of rotatable bonds is 5. The van der Waals surface area contributed by atoms with Crippen molar-refractivity contribution in [2.45, 2.75) is 50.3 Å². The van der Waals surface area contributed by atoms with Crippen LogP contribution in [0.25, 0.3) is 0 Å². The largest absolute Gasteiger partial charge is 0.380 e. The van der Waals surface area contributed by atoms with Crippen LogP contribution in [0.3, 0.4) is 0 Å². The topological polar surface area (TPSA) is 67.6 Å². The fourth-order valence-electron chi connectivity index (χ4n) is 3.11. The van der Waals surface area contributed by atoms with Crippen LogP contribution in [-0.4, -0.2) is 55.7 Å². The third-order valence-corrected chi connectivity index (χ3v) is 4.19. The predicted octanol–water partition coefficient (Wildman–Crippen LogP) is 0.0932. The number of hydrogen-bond donors (Lipinski definition) is 2. The molecule has 2 aliphatic heterocycles. The number of piperidine rings is 1. The molecule has 5 nitrogen and oxygen atoms in total. The van der Waals surface area contributed by atoms with Crippen LogP contribution in [0.5, 0.6) is 0 Å². The summed E-state index contributed by atoms with van der Waals surface area (Å²) in [6.07, 6.45) is 4.99. The first-order chi connectivity index (χ1) is 8.72. The van der Waals surface area contributed by atoms with E-state index in [0.717, 1.165) is 19.4 Å². The SMILES string of the molecule is COC(CN)CC(=O)NC1CCN2CCCC2C1. The zero-order chi connectivity index (χ0) is 13.0.